The van der Waals surface area contributed by atoms with Gasteiger partial charge in [-0.3, -0.25) is 15.1 Å². The van der Waals surface area contributed by atoms with Crippen LogP contribution >= 0.6 is 0 Å². The van der Waals surface area contributed by atoms with Gasteiger partial charge in [0.1, 0.15) is 10.6 Å². The van der Waals surface area contributed by atoms with Crippen LogP contribution in [0.1, 0.15) is 5.56 Å². The quantitative estimate of drug-likeness (QED) is 0.592. The van der Waals surface area contributed by atoms with E-state index < -0.39 is 14.8 Å². The van der Waals surface area contributed by atoms with E-state index in [1.807, 2.05) is 12.1 Å². The Morgan fingerprint density at radius 1 is 1.22 bits per heavy atom. The Hall–Kier alpha value is -2.48. The molecule has 2 rings (SSSR count). The van der Waals surface area contributed by atoms with E-state index in [9.17, 15) is 18.5 Å². The third-order valence-corrected chi connectivity index (χ3v) is 4.58. The predicted octanol–water partition coefficient (Wildman–Crippen LogP) is 2.07. The van der Waals surface area contributed by atoms with Crippen molar-refractivity contribution in [2.75, 3.05) is 24.7 Å². The number of nitro benzene ring substituents is 1. The third kappa shape index (κ3) is 4.04. The molecular weight excluding hydrogens is 318 g/mol. The molecule has 0 aliphatic rings. The number of anilines is 1. The van der Waals surface area contributed by atoms with Crippen molar-refractivity contribution in [3.63, 3.8) is 0 Å². The molecule has 1 aromatic heterocycles. The van der Waals surface area contributed by atoms with Crippen LogP contribution in [-0.2, 0) is 16.3 Å². The van der Waals surface area contributed by atoms with Crippen LogP contribution in [0.15, 0.2) is 47.6 Å². The number of likely N-dealkylation sites (N-methyl/N-ethyl adjacent to an activating group) is 1. The lowest BCUT2D eigenvalue weighted by atomic mass is 10.2. The number of benzene rings is 1. The first-order valence-electron chi connectivity index (χ1n) is 6.88. The molecule has 7 nitrogen and oxygen atoms in total. The average Bonchev–Trinajstić information content (AvgIpc) is 2.52. The van der Waals surface area contributed by atoms with Gasteiger partial charge in [-0.2, -0.15) is 0 Å². The Labute approximate surface area is 134 Å². The van der Waals surface area contributed by atoms with E-state index in [1.165, 1.54) is 12.1 Å². The second kappa shape index (κ2) is 6.74. The van der Waals surface area contributed by atoms with E-state index in [0.29, 0.717) is 13.0 Å². The van der Waals surface area contributed by atoms with Crippen molar-refractivity contribution >= 4 is 21.2 Å². The van der Waals surface area contributed by atoms with Crippen LogP contribution in [0.2, 0.25) is 0 Å². The molecule has 23 heavy (non-hydrogen) atoms. The molecule has 0 spiro atoms. The Balaban J connectivity index is 2.33. The first-order valence-corrected chi connectivity index (χ1v) is 8.77. The molecule has 0 saturated heterocycles. The first-order chi connectivity index (χ1) is 10.8. The van der Waals surface area contributed by atoms with Crippen molar-refractivity contribution in [3.8, 4) is 0 Å². The van der Waals surface area contributed by atoms with Gasteiger partial charge < -0.3 is 4.90 Å². The van der Waals surface area contributed by atoms with Crippen molar-refractivity contribution in [2.45, 2.75) is 11.3 Å². The second-order valence-electron chi connectivity index (χ2n) is 5.18. The molecule has 0 fully saturated rings. The molecule has 0 unspecified atom stereocenters. The summed E-state index contributed by atoms with van der Waals surface area (Å²) in [6.07, 6.45) is 5.00. The smallest absolute Gasteiger partial charge is 0.311 e. The molecule has 2 aromatic rings. The fourth-order valence-corrected chi connectivity index (χ4v) is 3.12. The first kappa shape index (κ1) is 16.9. The fourth-order valence-electron chi connectivity index (χ4n) is 2.27. The number of hydrogen-bond acceptors (Lipinski definition) is 6. The van der Waals surface area contributed by atoms with E-state index in [0.717, 1.165) is 11.8 Å². The van der Waals surface area contributed by atoms with Gasteiger partial charge >= 0.3 is 5.69 Å². The van der Waals surface area contributed by atoms with Crippen LogP contribution < -0.4 is 4.90 Å². The highest BCUT2D eigenvalue weighted by Crippen LogP contribution is 2.34. The maximum atomic E-state index is 11.8. The molecule has 0 radical (unpaired) electrons. The zero-order valence-corrected chi connectivity index (χ0v) is 13.7. The Morgan fingerprint density at radius 3 is 2.43 bits per heavy atom. The van der Waals surface area contributed by atoms with Gasteiger partial charge in [0.15, 0.2) is 9.84 Å². The molecule has 0 saturated carbocycles. The summed E-state index contributed by atoms with van der Waals surface area (Å²) in [5.74, 6) is 0. The highest BCUT2D eigenvalue weighted by atomic mass is 32.2. The summed E-state index contributed by atoms with van der Waals surface area (Å²) in [5.41, 5.74) is 0.952. The normalized spacial score (nSPS) is 11.2. The van der Waals surface area contributed by atoms with Crippen molar-refractivity contribution in [1.82, 2.24) is 4.98 Å². The predicted molar refractivity (Wildman–Crippen MR) is 87.4 cm³/mol. The summed E-state index contributed by atoms with van der Waals surface area (Å²) in [4.78, 5) is 16.1. The molecule has 1 heterocycles. The van der Waals surface area contributed by atoms with E-state index in [1.54, 1.807) is 30.4 Å². The van der Waals surface area contributed by atoms with Crippen molar-refractivity contribution in [2.24, 2.45) is 0 Å². The summed E-state index contributed by atoms with van der Waals surface area (Å²) in [5, 5.41) is 11.4. The minimum absolute atomic E-state index is 0.268. The van der Waals surface area contributed by atoms with Crippen LogP contribution in [0.4, 0.5) is 11.4 Å². The van der Waals surface area contributed by atoms with Gasteiger partial charge in [-0.15, -0.1) is 0 Å². The lowest BCUT2D eigenvalue weighted by Gasteiger charge is -2.20. The van der Waals surface area contributed by atoms with Gasteiger partial charge in [0, 0.05) is 32.2 Å². The summed E-state index contributed by atoms with van der Waals surface area (Å²) in [6, 6.07) is 8.07. The largest absolute Gasteiger partial charge is 0.369 e. The number of hydrogen-bond donors (Lipinski definition) is 0. The minimum atomic E-state index is -3.68. The number of nitro groups is 1. The minimum Gasteiger partial charge on any atom is -0.369 e. The van der Waals surface area contributed by atoms with Crippen molar-refractivity contribution < 1.29 is 13.3 Å². The Morgan fingerprint density at radius 2 is 1.87 bits per heavy atom. The molecule has 0 bridgehead atoms. The molecule has 122 valence electrons. The maximum Gasteiger partial charge on any atom is 0.311 e. The van der Waals surface area contributed by atoms with Gasteiger partial charge in [-0.25, -0.2) is 8.42 Å². The van der Waals surface area contributed by atoms with Crippen molar-refractivity contribution in [3.05, 3.63) is 58.4 Å². The highest BCUT2D eigenvalue weighted by Gasteiger charge is 2.27. The van der Waals surface area contributed by atoms with E-state index in [-0.39, 0.29) is 16.3 Å². The van der Waals surface area contributed by atoms with E-state index in [4.69, 9.17) is 0 Å². The number of pyridine rings is 1. The third-order valence-electron chi connectivity index (χ3n) is 3.46. The van der Waals surface area contributed by atoms with Gasteiger partial charge in [0.05, 0.1) is 4.92 Å². The molecule has 1 aromatic carbocycles. The standard InChI is InChI=1S/C15H17N3O4S/c1-17(11-8-12-6-9-16-10-7-12)13-4-3-5-14(23(2,21)22)15(13)18(19)20/h3-7,9-10H,8,11H2,1-2H3. The zero-order valence-electron chi connectivity index (χ0n) is 12.8. The fraction of sp³-hybridized carbons (Fsp3) is 0.267. The van der Waals surface area contributed by atoms with Gasteiger partial charge in [-0.05, 0) is 36.2 Å². The van der Waals surface area contributed by atoms with Gasteiger partial charge in [0.25, 0.3) is 0 Å². The SMILES string of the molecule is CN(CCc1ccncc1)c1cccc(S(C)(=O)=O)c1[N+](=O)[O-]. The summed E-state index contributed by atoms with van der Waals surface area (Å²) >= 11 is 0. The molecule has 0 N–H and O–H groups in total. The highest BCUT2D eigenvalue weighted by molar-refractivity contribution is 7.90. The van der Waals surface area contributed by atoms with Gasteiger partial charge in [-0.1, -0.05) is 6.07 Å². The van der Waals surface area contributed by atoms with E-state index >= 15 is 0 Å². The lowest BCUT2D eigenvalue weighted by molar-refractivity contribution is -0.387. The number of aromatic nitrogens is 1. The second-order valence-corrected chi connectivity index (χ2v) is 7.16. The van der Waals surface area contributed by atoms with Crippen molar-refractivity contribution in [1.29, 1.82) is 0 Å². The number of para-hydroxylation sites is 1. The van der Waals surface area contributed by atoms with Crippen LogP contribution in [-0.4, -0.2) is 38.2 Å². The van der Waals surface area contributed by atoms with Crippen LogP contribution in [0.25, 0.3) is 0 Å². The summed E-state index contributed by atoms with van der Waals surface area (Å²) in [6.45, 7) is 0.512. The zero-order chi connectivity index (χ0) is 17.0. The summed E-state index contributed by atoms with van der Waals surface area (Å²) in [7, 11) is -1.97. The van der Waals surface area contributed by atoms with Crippen LogP contribution in [0, 0.1) is 10.1 Å². The monoisotopic (exact) mass is 335 g/mol. The van der Waals surface area contributed by atoms with E-state index in [2.05, 4.69) is 4.98 Å². The van der Waals surface area contributed by atoms with Crippen LogP contribution in [0.3, 0.4) is 0 Å². The number of rotatable bonds is 6. The topological polar surface area (TPSA) is 93.4 Å². The summed E-state index contributed by atoms with van der Waals surface area (Å²) < 4.78 is 23.6. The lowest BCUT2D eigenvalue weighted by Crippen LogP contribution is -2.22. The Bertz CT molecular complexity index is 807. The van der Waals surface area contributed by atoms with Crippen LogP contribution in [0.5, 0.6) is 0 Å². The molecule has 0 amide bonds. The average molecular weight is 335 g/mol. The maximum absolute atomic E-state index is 11.8. The molecular formula is C15H17N3O4S. The number of nitrogens with zero attached hydrogens (tertiary/aromatic N) is 3. The molecule has 8 heteroatoms. The Kier molecular flexibility index (Phi) is 4.95. The molecule has 0 aliphatic heterocycles. The molecule has 0 aliphatic carbocycles. The molecule has 0 atom stereocenters. The number of sulfone groups is 1. The van der Waals surface area contributed by atoms with Gasteiger partial charge in [0.2, 0.25) is 0 Å².